The molecule has 7 atom stereocenters. The van der Waals surface area contributed by atoms with Crippen molar-refractivity contribution in [3.05, 3.63) is 75.4 Å². The van der Waals surface area contributed by atoms with Gasteiger partial charge in [-0.1, -0.05) is 0 Å². The Labute approximate surface area is 380 Å². The Morgan fingerprint density at radius 1 is 0.638 bits per heavy atom. The van der Waals surface area contributed by atoms with Crippen LogP contribution in [0.15, 0.2) is 42.0 Å². The quantitative estimate of drug-likeness (QED) is 0.0515. The van der Waals surface area contributed by atoms with Crippen LogP contribution in [0, 0.1) is 6.92 Å². The standard InChI is InChI=1S/C42H32O27/c1-9-22-11(4-17(45)26(9)50)39(61)67-34(36(57)58)25(22)14(7-21(48)49)41(63)66-33-20-8-64-38(60)12-5-18(46)28(52)30(54)23(12)24-13(6-19(47)29(53)31(24)55)40(62)68-35(33)32(56)42(65-20)69-37(59)10-2-15(43)27(51)16(44)3-10/h2-7,20,25,32-35,42-47,50-56H,8H2,1H3,(H,48,49)(H,57,58). The summed E-state index contributed by atoms with van der Waals surface area (Å²) in [7, 11) is 0. The van der Waals surface area contributed by atoms with Gasteiger partial charge in [-0.15, -0.1) is 0 Å². The minimum absolute atomic E-state index is 0.0658. The van der Waals surface area contributed by atoms with E-state index in [0.717, 1.165) is 6.92 Å². The molecule has 4 aromatic rings. The number of fused-ring (bicyclic) bond motifs is 6. The SMILES string of the molecule is Cc1c(O)c(O)cc2c1C(C(=CC(=O)O)C(=O)OC1C3COC(=O)c4cc(O)c(O)c(O)c4-c4c(cc(O)c(O)c4O)C(=O)OC1C(O)C(OC(=O)c1cc(O)c(O)c(O)c1)O3)C(C(=O)O)OC2=O. The van der Waals surface area contributed by atoms with E-state index in [1.165, 1.54) is 0 Å². The van der Waals surface area contributed by atoms with Gasteiger partial charge in [0.05, 0.1) is 33.7 Å². The Morgan fingerprint density at radius 2 is 1.14 bits per heavy atom. The second-order valence-electron chi connectivity index (χ2n) is 15.1. The number of hydrogen-bond acceptors (Lipinski definition) is 25. The number of aliphatic hydroxyl groups is 1. The van der Waals surface area contributed by atoms with Gasteiger partial charge in [0.1, 0.15) is 12.7 Å². The van der Waals surface area contributed by atoms with E-state index >= 15 is 0 Å². The fourth-order valence-corrected chi connectivity index (χ4v) is 7.72. The number of hydrogen-bond donors (Lipinski definition) is 14. The number of carboxylic acid groups (broad SMARTS) is 2. The normalized spacial score (nSPS) is 22.1. The molecule has 0 saturated carbocycles. The summed E-state index contributed by atoms with van der Waals surface area (Å²) in [4.78, 5) is 94.2. The first-order valence-electron chi connectivity index (χ1n) is 19.2. The molecular weight excluding hydrogens is 936 g/mol. The molecule has 3 aliphatic rings. The van der Waals surface area contributed by atoms with Crippen molar-refractivity contribution in [2.75, 3.05) is 6.61 Å². The lowest BCUT2D eigenvalue weighted by Crippen LogP contribution is -2.62. The first-order chi connectivity index (χ1) is 32.3. The fraction of sp³-hybridized carbons (Fsp3) is 0.214. The third-order valence-corrected chi connectivity index (χ3v) is 10.9. The number of esters is 5. The van der Waals surface area contributed by atoms with Gasteiger partial charge in [0.25, 0.3) is 0 Å². The average molecular weight is 969 g/mol. The van der Waals surface area contributed by atoms with Gasteiger partial charge in [-0.05, 0) is 48.4 Å². The minimum Gasteiger partial charge on any atom is -0.504 e. The topological polar surface area (TPSA) is 458 Å². The lowest BCUT2D eigenvalue weighted by atomic mass is 9.78. The highest BCUT2D eigenvalue weighted by Gasteiger charge is 2.54. The molecule has 14 N–H and O–H groups in total. The number of ether oxygens (including phenoxy) is 6. The van der Waals surface area contributed by atoms with Gasteiger partial charge in [0.2, 0.25) is 23.9 Å². The Kier molecular flexibility index (Phi) is 12.0. The van der Waals surface area contributed by atoms with Crippen LogP contribution in [-0.4, -0.2) is 157 Å². The Balaban J connectivity index is 1.41. The van der Waals surface area contributed by atoms with Crippen molar-refractivity contribution in [3.63, 3.8) is 0 Å². The molecule has 0 spiro atoms. The maximum absolute atomic E-state index is 14.5. The van der Waals surface area contributed by atoms with E-state index in [1.807, 2.05) is 0 Å². The highest BCUT2D eigenvalue weighted by molar-refractivity contribution is 6.08. The number of phenolic OH excluding ortho intramolecular Hbond substituents is 11. The van der Waals surface area contributed by atoms with Gasteiger partial charge in [-0.3, -0.25) is 0 Å². The van der Waals surface area contributed by atoms with Crippen LogP contribution in [0.25, 0.3) is 11.1 Å². The van der Waals surface area contributed by atoms with Crippen molar-refractivity contribution >= 4 is 41.8 Å². The number of aromatic hydroxyl groups is 11. The third-order valence-electron chi connectivity index (χ3n) is 10.9. The molecule has 27 heteroatoms. The summed E-state index contributed by atoms with van der Waals surface area (Å²) in [5, 5.41) is 147. The molecule has 3 heterocycles. The second-order valence-corrected chi connectivity index (χ2v) is 15.1. The van der Waals surface area contributed by atoms with E-state index in [2.05, 4.69) is 0 Å². The lowest BCUT2D eigenvalue weighted by Gasteiger charge is -2.43. The van der Waals surface area contributed by atoms with Gasteiger partial charge in [0, 0.05) is 17.2 Å². The van der Waals surface area contributed by atoms with E-state index in [4.69, 9.17) is 28.4 Å². The van der Waals surface area contributed by atoms with Gasteiger partial charge in [0.15, 0.2) is 70.1 Å². The molecule has 0 aromatic heterocycles. The van der Waals surface area contributed by atoms with E-state index < -0.39 is 204 Å². The minimum atomic E-state index is -2.67. The predicted octanol–water partition coefficient (Wildman–Crippen LogP) is 0.392. The zero-order chi connectivity index (χ0) is 50.8. The number of cyclic esters (lactones) is 2. The molecule has 2 bridgehead atoms. The summed E-state index contributed by atoms with van der Waals surface area (Å²) >= 11 is 0. The van der Waals surface area contributed by atoms with E-state index in [9.17, 15) is 105 Å². The summed E-state index contributed by atoms with van der Waals surface area (Å²) < 4.78 is 32.4. The molecule has 7 rings (SSSR count). The lowest BCUT2D eigenvalue weighted by molar-refractivity contribution is -0.287. The molecule has 362 valence electrons. The third kappa shape index (κ3) is 8.18. The molecule has 1 saturated heterocycles. The second kappa shape index (κ2) is 17.5. The molecule has 1 fully saturated rings. The molecule has 4 aromatic carbocycles. The Morgan fingerprint density at radius 3 is 1.70 bits per heavy atom. The van der Waals surface area contributed by atoms with Gasteiger partial charge in [-0.2, -0.15) is 0 Å². The van der Waals surface area contributed by atoms with Gasteiger partial charge >= 0.3 is 41.8 Å². The van der Waals surface area contributed by atoms with Crippen molar-refractivity contribution in [2.45, 2.75) is 49.7 Å². The van der Waals surface area contributed by atoms with Crippen molar-refractivity contribution in [1.82, 2.24) is 0 Å². The monoisotopic (exact) mass is 968 g/mol. The molecular formula is C42H32O27. The predicted molar refractivity (Wildman–Crippen MR) is 213 cm³/mol. The summed E-state index contributed by atoms with van der Waals surface area (Å²) in [6.07, 6.45) is -15.0. The number of aliphatic hydroxyl groups excluding tert-OH is 1. The van der Waals surface area contributed by atoms with Gasteiger partial charge in [-0.25, -0.2) is 33.6 Å². The van der Waals surface area contributed by atoms with Crippen molar-refractivity contribution in [3.8, 4) is 74.4 Å². The molecule has 7 unspecified atom stereocenters. The first-order valence-corrected chi connectivity index (χ1v) is 19.2. The first kappa shape index (κ1) is 47.6. The van der Waals surface area contributed by atoms with Crippen molar-refractivity contribution in [2.24, 2.45) is 0 Å². The number of aliphatic carboxylic acids is 2. The number of rotatable bonds is 7. The molecule has 69 heavy (non-hydrogen) atoms. The molecule has 0 amide bonds. The highest BCUT2D eigenvalue weighted by atomic mass is 16.7. The Bertz CT molecular complexity index is 2950. The summed E-state index contributed by atoms with van der Waals surface area (Å²) in [6.45, 7) is -0.314. The fourth-order valence-electron chi connectivity index (χ4n) is 7.72. The van der Waals surface area contributed by atoms with Crippen LogP contribution in [0.4, 0.5) is 0 Å². The van der Waals surface area contributed by atoms with Crippen LogP contribution < -0.4 is 0 Å². The average Bonchev–Trinajstić information content (AvgIpc) is 3.28. The number of carboxylic acids is 2. The van der Waals surface area contributed by atoms with Crippen LogP contribution in [0.2, 0.25) is 0 Å². The number of benzene rings is 4. The van der Waals surface area contributed by atoms with Crippen LogP contribution in [0.1, 0.15) is 58.5 Å². The van der Waals surface area contributed by atoms with Gasteiger partial charge < -0.3 is 99.9 Å². The van der Waals surface area contributed by atoms with Crippen LogP contribution >= 0.6 is 0 Å². The highest BCUT2D eigenvalue weighted by Crippen LogP contribution is 2.53. The van der Waals surface area contributed by atoms with E-state index in [-0.39, 0.29) is 6.08 Å². The number of phenols is 11. The maximum atomic E-state index is 14.5. The largest absolute Gasteiger partial charge is 0.504 e. The smallest absolute Gasteiger partial charge is 0.346 e. The van der Waals surface area contributed by atoms with Crippen molar-refractivity contribution < 1.29 is 133 Å². The Hall–Kier alpha value is -9.37. The van der Waals surface area contributed by atoms with Crippen LogP contribution in [0.3, 0.4) is 0 Å². The van der Waals surface area contributed by atoms with E-state index in [1.54, 1.807) is 0 Å². The molecule has 0 aliphatic carbocycles. The number of carbonyl (C=O) groups is 7. The summed E-state index contributed by atoms with van der Waals surface area (Å²) in [6, 6.07) is 2.51. The maximum Gasteiger partial charge on any atom is 0.346 e. The zero-order valence-corrected chi connectivity index (χ0v) is 34.3. The van der Waals surface area contributed by atoms with Crippen LogP contribution in [-0.2, 0) is 42.8 Å². The molecule has 0 radical (unpaired) electrons. The molecule has 27 nitrogen and oxygen atoms in total. The number of carbonyl (C=O) groups excluding carboxylic acids is 5. The van der Waals surface area contributed by atoms with E-state index in [0.29, 0.717) is 30.3 Å². The zero-order valence-electron chi connectivity index (χ0n) is 34.3. The summed E-state index contributed by atoms with van der Waals surface area (Å²) in [5.41, 5.74) is -8.21. The summed E-state index contributed by atoms with van der Waals surface area (Å²) in [5.74, 6) is -28.3. The van der Waals surface area contributed by atoms with Crippen LogP contribution in [0.5, 0.6) is 63.2 Å². The van der Waals surface area contributed by atoms with Crippen molar-refractivity contribution in [1.29, 1.82) is 0 Å². The molecule has 3 aliphatic heterocycles.